The van der Waals surface area contributed by atoms with Gasteiger partial charge in [0.2, 0.25) is 0 Å². The van der Waals surface area contributed by atoms with Crippen molar-refractivity contribution in [3.63, 3.8) is 0 Å². The third-order valence-electron chi connectivity index (χ3n) is 5.24. The third-order valence-corrected chi connectivity index (χ3v) is 7.08. The molecule has 1 spiro atoms. The zero-order valence-corrected chi connectivity index (χ0v) is 12.2. The largest absolute Gasteiger partial charge is 0.393 e. The number of hydrogen-bond donors (Lipinski definition) is 1. The van der Waals surface area contributed by atoms with Crippen molar-refractivity contribution in [1.82, 2.24) is 0 Å². The predicted octanol–water partition coefficient (Wildman–Crippen LogP) is 1.52. The van der Waals surface area contributed by atoms with E-state index < -0.39 is 9.84 Å². The second kappa shape index (κ2) is 5.01. The second-order valence-electron chi connectivity index (χ2n) is 6.71. The van der Waals surface area contributed by atoms with Crippen LogP contribution in [0.3, 0.4) is 0 Å². The zero-order valence-electron chi connectivity index (χ0n) is 11.4. The molecule has 3 aliphatic rings. The van der Waals surface area contributed by atoms with Gasteiger partial charge in [0, 0.05) is 6.61 Å². The molecule has 5 heteroatoms. The molecule has 0 aromatic heterocycles. The van der Waals surface area contributed by atoms with Crippen molar-refractivity contribution < 1.29 is 18.3 Å². The number of aliphatic hydroxyl groups excluding tert-OH is 1. The van der Waals surface area contributed by atoms with E-state index in [9.17, 15) is 13.5 Å². The summed E-state index contributed by atoms with van der Waals surface area (Å²) in [6, 6.07) is 0. The lowest BCUT2D eigenvalue weighted by Crippen LogP contribution is -2.48. The Bertz CT molecular complexity index is 427. The molecule has 4 nitrogen and oxygen atoms in total. The Kier molecular flexibility index (Phi) is 3.65. The number of hydrogen-bond acceptors (Lipinski definition) is 4. The van der Waals surface area contributed by atoms with Gasteiger partial charge in [-0.15, -0.1) is 0 Å². The normalized spacial score (nSPS) is 37.9. The molecule has 1 aliphatic carbocycles. The summed E-state index contributed by atoms with van der Waals surface area (Å²) in [6.45, 7) is 0.755. The second-order valence-corrected chi connectivity index (χ2v) is 8.94. The molecule has 110 valence electrons. The topological polar surface area (TPSA) is 63.6 Å². The van der Waals surface area contributed by atoms with E-state index >= 15 is 0 Å². The van der Waals surface area contributed by atoms with Crippen LogP contribution < -0.4 is 0 Å². The minimum Gasteiger partial charge on any atom is -0.393 e. The maximum atomic E-state index is 11.5. The standard InChI is InChI=1S/C14H24O4S/c15-13(8-11-3-7-19(16,17)10-11)12-2-6-18-14(9-12)4-1-5-14/h11-13,15H,1-10H2. The third kappa shape index (κ3) is 2.98. The lowest BCUT2D eigenvalue weighted by Gasteiger charge is -2.48. The van der Waals surface area contributed by atoms with E-state index in [0.717, 1.165) is 38.7 Å². The molecule has 0 amide bonds. The molecule has 2 aliphatic heterocycles. The van der Waals surface area contributed by atoms with E-state index in [4.69, 9.17) is 4.74 Å². The number of rotatable bonds is 3. The highest BCUT2D eigenvalue weighted by molar-refractivity contribution is 7.91. The number of ether oxygens (including phenoxy) is 1. The smallest absolute Gasteiger partial charge is 0.150 e. The first-order valence-electron chi connectivity index (χ1n) is 7.51. The Morgan fingerprint density at radius 3 is 2.68 bits per heavy atom. The summed E-state index contributed by atoms with van der Waals surface area (Å²) in [5.74, 6) is 1.05. The van der Waals surface area contributed by atoms with Gasteiger partial charge in [-0.1, -0.05) is 0 Å². The fourth-order valence-corrected chi connectivity index (χ4v) is 5.79. The van der Waals surface area contributed by atoms with E-state index in [2.05, 4.69) is 0 Å². The molecule has 2 saturated heterocycles. The van der Waals surface area contributed by atoms with Crippen LogP contribution in [0.1, 0.15) is 44.9 Å². The van der Waals surface area contributed by atoms with Gasteiger partial charge in [0.15, 0.2) is 9.84 Å². The molecular formula is C14H24O4S. The Morgan fingerprint density at radius 2 is 2.11 bits per heavy atom. The number of sulfone groups is 1. The van der Waals surface area contributed by atoms with Crippen molar-refractivity contribution in [3.8, 4) is 0 Å². The quantitative estimate of drug-likeness (QED) is 0.855. The summed E-state index contributed by atoms with van der Waals surface area (Å²) in [5.41, 5.74) is 0.0612. The van der Waals surface area contributed by atoms with Gasteiger partial charge in [0.05, 0.1) is 23.2 Å². The van der Waals surface area contributed by atoms with Gasteiger partial charge < -0.3 is 9.84 Å². The average molecular weight is 288 g/mol. The van der Waals surface area contributed by atoms with Gasteiger partial charge >= 0.3 is 0 Å². The van der Waals surface area contributed by atoms with Crippen LogP contribution in [0.15, 0.2) is 0 Å². The lowest BCUT2D eigenvalue weighted by atomic mass is 9.70. The molecule has 0 radical (unpaired) electrons. The van der Waals surface area contributed by atoms with Crippen molar-refractivity contribution in [3.05, 3.63) is 0 Å². The molecule has 3 unspecified atom stereocenters. The maximum Gasteiger partial charge on any atom is 0.150 e. The van der Waals surface area contributed by atoms with Gasteiger partial charge in [-0.2, -0.15) is 0 Å². The molecule has 0 aromatic rings. The van der Waals surface area contributed by atoms with Gasteiger partial charge in [-0.25, -0.2) is 8.42 Å². The van der Waals surface area contributed by atoms with Gasteiger partial charge in [0.25, 0.3) is 0 Å². The van der Waals surface area contributed by atoms with Gasteiger partial charge in [0.1, 0.15) is 0 Å². The van der Waals surface area contributed by atoms with Crippen molar-refractivity contribution in [2.75, 3.05) is 18.1 Å². The molecule has 3 fully saturated rings. The Balaban J connectivity index is 1.54. The Labute approximate surface area is 115 Å². The lowest BCUT2D eigenvalue weighted by molar-refractivity contribution is -0.157. The van der Waals surface area contributed by atoms with Crippen molar-refractivity contribution >= 4 is 9.84 Å². The van der Waals surface area contributed by atoms with Crippen LogP contribution in [0.4, 0.5) is 0 Å². The summed E-state index contributed by atoms with van der Waals surface area (Å²) in [4.78, 5) is 0. The fourth-order valence-electron chi connectivity index (χ4n) is 3.91. The molecule has 1 saturated carbocycles. The predicted molar refractivity (Wildman–Crippen MR) is 72.6 cm³/mol. The highest BCUT2D eigenvalue weighted by Crippen LogP contribution is 2.45. The first-order valence-corrected chi connectivity index (χ1v) is 9.33. The molecule has 2 heterocycles. The first kappa shape index (κ1) is 13.8. The highest BCUT2D eigenvalue weighted by Gasteiger charge is 2.44. The molecule has 1 N–H and O–H groups in total. The van der Waals surface area contributed by atoms with Crippen LogP contribution in [0.25, 0.3) is 0 Å². The van der Waals surface area contributed by atoms with E-state index in [0.29, 0.717) is 18.1 Å². The Hall–Kier alpha value is -0.130. The summed E-state index contributed by atoms with van der Waals surface area (Å²) in [5, 5.41) is 10.4. The average Bonchev–Trinajstić information content (AvgIpc) is 2.67. The summed E-state index contributed by atoms with van der Waals surface area (Å²) < 4.78 is 28.8. The van der Waals surface area contributed by atoms with Crippen LogP contribution in [0.5, 0.6) is 0 Å². The van der Waals surface area contributed by atoms with Crippen molar-refractivity contribution in [2.45, 2.75) is 56.7 Å². The highest BCUT2D eigenvalue weighted by atomic mass is 32.2. The summed E-state index contributed by atoms with van der Waals surface area (Å²) in [7, 11) is -2.82. The summed E-state index contributed by atoms with van der Waals surface area (Å²) in [6.07, 6.45) is 6.43. The monoisotopic (exact) mass is 288 g/mol. The molecule has 19 heavy (non-hydrogen) atoms. The minimum absolute atomic E-state index is 0.0612. The maximum absolute atomic E-state index is 11.5. The van der Waals surface area contributed by atoms with Gasteiger partial charge in [-0.3, -0.25) is 0 Å². The minimum atomic E-state index is -2.82. The van der Waals surface area contributed by atoms with Crippen LogP contribution >= 0.6 is 0 Å². The van der Waals surface area contributed by atoms with Crippen molar-refractivity contribution in [1.29, 1.82) is 0 Å². The van der Waals surface area contributed by atoms with E-state index in [1.54, 1.807) is 0 Å². The molecule has 0 bridgehead atoms. The fraction of sp³-hybridized carbons (Fsp3) is 1.00. The molecular weight excluding hydrogens is 264 g/mol. The van der Waals surface area contributed by atoms with Gasteiger partial charge in [-0.05, 0) is 56.8 Å². The molecule has 3 rings (SSSR count). The molecule has 0 aromatic carbocycles. The van der Waals surface area contributed by atoms with Crippen LogP contribution in [-0.4, -0.2) is 43.3 Å². The SMILES string of the molecule is O=S1(=O)CCC(CC(O)C2CCOC3(CCC3)C2)C1. The first-order chi connectivity index (χ1) is 8.98. The number of aliphatic hydroxyl groups is 1. The van der Waals surface area contributed by atoms with Crippen LogP contribution in [0, 0.1) is 11.8 Å². The van der Waals surface area contributed by atoms with Crippen LogP contribution in [0.2, 0.25) is 0 Å². The zero-order chi connectivity index (χ0) is 13.5. The van der Waals surface area contributed by atoms with E-state index in [1.165, 1.54) is 6.42 Å². The van der Waals surface area contributed by atoms with Crippen molar-refractivity contribution in [2.24, 2.45) is 11.8 Å². The van der Waals surface area contributed by atoms with E-state index in [1.807, 2.05) is 0 Å². The Morgan fingerprint density at radius 1 is 1.32 bits per heavy atom. The van der Waals surface area contributed by atoms with E-state index in [-0.39, 0.29) is 23.4 Å². The summed E-state index contributed by atoms with van der Waals surface area (Å²) >= 11 is 0. The van der Waals surface area contributed by atoms with Crippen LogP contribution in [-0.2, 0) is 14.6 Å². The molecule has 3 atom stereocenters.